The zero-order chi connectivity index (χ0) is 19.9. The van der Waals surface area contributed by atoms with Gasteiger partial charge in [-0.1, -0.05) is 44.6 Å². The van der Waals surface area contributed by atoms with Gasteiger partial charge in [0, 0.05) is 18.8 Å². The quantitative estimate of drug-likeness (QED) is 0.555. The summed E-state index contributed by atoms with van der Waals surface area (Å²) in [5.74, 6) is 1.13. The van der Waals surface area contributed by atoms with Crippen LogP contribution in [0.3, 0.4) is 0 Å². The number of rotatable bonds is 1. The minimum atomic E-state index is -0.384. The van der Waals surface area contributed by atoms with Crippen LogP contribution < -0.4 is 0 Å². The van der Waals surface area contributed by atoms with E-state index in [1.807, 2.05) is 0 Å². The first-order valence-electron chi connectivity index (χ1n) is 11.9. The summed E-state index contributed by atoms with van der Waals surface area (Å²) in [6.45, 7) is 10.2. The van der Waals surface area contributed by atoms with Crippen molar-refractivity contribution in [1.29, 1.82) is 0 Å². The molecular formula is C26H40O4. The second-order valence-corrected chi connectivity index (χ2v) is 11.1. The molecule has 2 heterocycles. The largest absolute Gasteiger partial charge is 0.348 e. The van der Waals surface area contributed by atoms with E-state index in [1.54, 1.807) is 11.1 Å². The number of fused-ring (bicyclic) bond motifs is 5. The Morgan fingerprint density at radius 3 is 2.20 bits per heavy atom. The summed E-state index contributed by atoms with van der Waals surface area (Å²) < 4.78 is 24.4. The maximum atomic E-state index is 6.15. The zero-order valence-corrected chi connectivity index (χ0v) is 18.3. The predicted octanol–water partition coefficient (Wildman–Crippen LogP) is 5.63. The fourth-order valence-corrected chi connectivity index (χ4v) is 8.29. The Labute approximate surface area is 182 Å². The summed E-state index contributed by atoms with van der Waals surface area (Å²) in [6.07, 6.45) is 13.2. The van der Waals surface area contributed by atoms with Crippen molar-refractivity contribution >= 4 is 0 Å². The summed E-state index contributed by atoms with van der Waals surface area (Å²) in [4.78, 5) is 0. The number of allylic oxidation sites excluding steroid dienone is 3. The molecule has 4 aliphatic carbocycles. The summed E-state index contributed by atoms with van der Waals surface area (Å²) >= 11 is 0. The SMILES string of the molecule is C.CC1(C2CC[C@H]3C4=CC=C5CC6(CC[C@]5(C)[C@H]4CC[C@]23C)OCCO6)OCCO1. The molecule has 5 fully saturated rings. The molecule has 0 amide bonds. The fourth-order valence-electron chi connectivity index (χ4n) is 8.29. The highest BCUT2D eigenvalue weighted by molar-refractivity contribution is 5.39. The predicted molar refractivity (Wildman–Crippen MR) is 117 cm³/mol. The highest BCUT2D eigenvalue weighted by Crippen LogP contribution is 2.67. The topological polar surface area (TPSA) is 36.9 Å². The first kappa shape index (κ1) is 21.2. The third-order valence-corrected chi connectivity index (χ3v) is 9.88. The van der Waals surface area contributed by atoms with Gasteiger partial charge < -0.3 is 18.9 Å². The molecule has 1 spiro atoms. The zero-order valence-electron chi connectivity index (χ0n) is 18.3. The Morgan fingerprint density at radius 1 is 0.767 bits per heavy atom. The molecule has 0 radical (unpaired) electrons. The average molecular weight is 417 g/mol. The van der Waals surface area contributed by atoms with Gasteiger partial charge >= 0.3 is 0 Å². The van der Waals surface area contributed by atoms with Crippen molar-refractivity contribution in [2.24, 2.45) is 28.6 Å². The van der Waals surface area contributed by atoms with E-state index in [0.717, 1.165) is 39.3 Å². The lowest BCUT2D eigenvalue weighted by atomic mass is 9.50. The number of hydrogen-bond acceptors (Lipinski definition) is 4. The van der Waals surface area contributed by atoms with Crippen LogP contribution in [0.15, 0.2) is 23.3 Å². The Hall–Kier alpha value is -0.680. The molecule has 0 aromatic rings. The molecule has 168 valence electrons. The van der Waals surface area contributed by atoms with Crippen LogP contribution in [0.1, 0.15) is 73.1 Å². The van der Waals surface area contributed by atoms with E-state index in [2.05, 4.69) is 32.9 Å². The van der Waals surface area contributed by atoms with Crippen LogP contribution in [0.2, 0.25) is 0 Å². The molecule has 2 aliphatic heterocycles. The van der Waals surface area contributed by atoms with E-state index in [0.29, 0.717) is 17.8 Å². The second-order valence-electron chi connectivity index (χ2n) is 11.1. The van der Waals surface area contributed by atoms with Gasteiger partial charge in [0.15, 0.2) is 11.6 Å². The van der Waals surface area contributed by atoms with Crippen molar-refractivity contribution in [1.82, 2.24) is 0 Å². The Morgan fingerprint density at radius 2 is 1.47 bits per heavy atom. The molecule has 4 heteroatoms. The summed E-state index contributed by atoms with van der Waals surface area (Å²) in [7, 11) is 0. The van der Waals surface area contributed by atoms with Crippen LogP contribution in [0.4, 0.5) is 0 Å². The molecule has 0 bridgehead atoms. The lowest BCUT2D eigenvalue weighted by molar-refractivity contribution is -0.208. The molecule has 3 saturated carbocycles. The summed E-state index contributed by atoms with van der Waals surface area (Å²) in [5, 5.41) is 0. The molecule has 6 aliphatic rings. The minimum absolute atomic E-state index is 0. The van der Waals surface area contributed by atoms with E-state index in [1.165, 1.54) is 32.1 Å². The van der Waals surface area contributed by atoms with Crippen LogP contribution in [0.5, 0.6) is 0 Å². The van der Waals surface area contributed by atoms with Gasteiger partial charge in [0.1, 0.15) is 0 Å². The van der Waals surface area contributed by atoms with Gasteiger partial charge in [-0.05, 0) is 61.7 Å². The summed E-state index contributed by atoms with van der Waals surface area (Å²) in [5.41, 5.74) is 3.84. The molecule has 1 unspecified atom stereocenters. The van der Waals surface area contributed by atoms with Crippen LogP contribution >= 0.6 is 0 Å². The lowest BCUT2D eigenvalue weighted by Gasteiger charge is -2.56. The van der Waals surface area contributed by atoms with Crippen molar-refractivity contribution in [2.45, 2.75) is 84.7 Å². The Bertz CT molecular complexity index is 757. The van der Waals surface area contributed by atoms with Gasteiger partial charge in [0.05, 0.1) is 26.4 Å². The van der Waals surface area contributed by atoms with Crippen molar-refractivity contribution < 1.29 is 18.9 Å². The van der Waals surface area contributed by atoms with Gasteiger partial charge in [0.25, 0.3) is 0 Å². The fraction of sp³-hybridized carbons (Fsp3) is 0.846. The normalized spacial score (nSPS) is 45.8. The van der Waals surface area contributed by atoms with Crippen molar-refractivity contribution in [3.8, 4) is 0 Å². The van der Waals surface area contributed by atoms with Gasteiger partial charge in [-0.25, -0.2) is 0 Å². The third-order valence-electron chi connectivity index (χ3n) is 9.88. The molecule has 0 aromatic carbocycles. The van der Waals surface area contributed by atoms with Gasteiger partial charge in [-0.15, -0.1) is 0 Å². The minimum Gasteiger partial charge on any atom is -0.348 e. The standard InChI is InChI=1S/C25H36O4.CH4/c1-22-10-11-25(28-14-15-29-25)16-17(22)4-5-18-19-6-7-21(24(3)26-12-13-27-24)23(19,2)9-8-20(18)22;/h4-5,19-21H,6-16H2,1-3H3;1H4/t19-,20-,21?,22-,23-;/m0./s1. The molecule has 5 atom stereocenters. The van der Waals surface area contributed by atoms with E-state index in [4.69, 9.17) is 18.9 Å². The van der Waals surface area contributed by atoms with Crippen LogP contribution in [0.25, 0.3) is 0 Å². The first-order valence-corrected chi connectivity index (χ1v) is 11.9. The molecule has 30 heavy (non-hydrogen) atoms. The molecule has 2 saturated heterocycles. The molecule has 0 aromatic heterocycles. The van der Waals surface area contributed by atoms with Crippen LogP contribution in [0, 0.1) is 28.6 Å². The smallest absolute Gasteiger partial charge is 0.172 e. The van der Waals surface area contributed by atoms with Gasteiger partial charge in [-0.3, -0.25) is 0 Å². The lowest BCUT2D eigenvalue weighted by Crippen LogP contribution is -2.51. The van der Waals surface area contributed by atoms with Gasteiger partial charge in [-0.2, -0.15) is 0 Å². The third kappa shape index (κ3) is 2.73. The van der Waals surface area contributed by atoms with E-state index in [9.17, 15) is 0 Å². The van der Waals surface area contributed by atoms with Crippen molar-refractivity contribution in [2.75, 3.05) is 26.4 Å². The number of hydrogen-bond donors (Lipinski definition) is 0. The van der Waals surface area contributed by atoms with Gasteiger partial charge in [0.2, 0.25) is 0 Å². The molecular weight excluding hydrogens is 376 g/mol. The van der Waals surface area contributed by atoms with Crippen LogP contribution in [-0.4, -0.2) is 38.0 Å². The molecule has 6 rings (SSSR count). The number of ether oxygens (including phenoxy) is 4. The second kappa shape index (κ2) is 6.91. The van der Waals surface area contributed by atoms with E-state index >= 15 is 0 Å². The van der Waals surface area contributed by atoms with E-state index in [-0.39, 0.29) is 29.8 Å². The maximum absolute atomic E-state index is 6.15. The Kier molecular flexibility index (Phi) is 4.88. The van der Waals surface area contributed by atoms with E-state index < -0.39 is 0 Å². The van der Waals surface area contributed by atoms with Crippen molar-refractivity contribution in [3.63, 3.8) is 0 Å². The Balaban J connectivity index is 0.00000193. The van der Waals surface area contributed by atoms with Crippen molar-refractivity contribution in [3.05, 3.63) is 23.3 Å². The average Bonchev–Trinajstić information content (AvgIpc) is 3.42. The molecule has 4 nitrogen and oxygen atoms in total. The maximum Gasteiger partial charge on any atom is 0.172 e. The highest BCUT2D eigenvalue weighted by atomic mass is 16.7. The monoisotopic (exact) mass is 416 g/mol. The molecule has 0 N–H and O–H groups in total. The van der Waals surface area contributed by atoms with Crippen LogP contribution in [-0.2, 0) is 18.9 Å². The summed E-state index contributed by atoms with van der Waals surface area (Å²) in [6, 6.07) is 0. The highest BCUT2D eigenvalue weighted by Gasteiger charge is 2.62. The first-order chi connectivity index (χ1) is 13.9.